The molecule has 29 heavy (non-hydrogen) atoms. The molecule has 2 aromatic rings. The summed E-state index contributed by atoms with van der Waals surface area (Å²) < 4.78 is 29.7. The average molecular weight is 424 g/mol. The molecule has 3 rings (SSSR count). The Balaban J connectivity index is 1.72. The molecule has 1 aromatic carbocycles. The highest BCUT2D eigenvalue weighted by Crippen LogP contribution is 2.33. The van der Waals surface area contributed by atoms with Crippen LogP contribution >= 0.6 is 11.8 Å². The van der Waals surface area contributed by atoms with Gasteiger partial charge in [-0.3, -0.25) is 9.69 Å². The second kappa shape index (κ2) is 9.69. The highest BCUT2D eigenvalue weighted by Gasteiger charge is 2.38. The van der Waals surface area contributed by atoms with Gasteiger partial charge in [-0.1, -0.05) is 11.8 Å². The van der Waals surface area contributed by atoms with Crippen LogP contribution in [-0.4, -0.2) is 70.3 Å². The largest absolute Gasteiger partial charge is 0.353 e. The van der Waals surface area contributed by atoms with E-state index in [-0.39, 0.29) is 23.3 Å². The van der Waals surface area contributed by atoms with Crippen LogP contribution in [0.1, 0.15) is 12.0 Å². The van der Waals surface area contributed by atoms with E-state index in [2.05, 4.69) is 10.3 Å². The fourth-order valence-corrected chi connectivity index (χ4v) is 4.60. The first-order chi connectivity index (χ1) is 13.8. The van der Waals surface area contributed by atoms with Gasteiger partial charge >= 0.3 is 0 Å². The number of halogens is 2. The van der Waals surface area contributed by atoms with Gasteiger partial charge in [0.25, 0.3) is 0 Å². The van der Waals surface area contributed by atoms with Crippen LogP contribution in [0.25, 0.3) is 0 Å². The summed E-state index contributed by atoms with van der Waals surface area (Å²) in [6.45, 7) is 2.07. The molecule has 2 atom stereocenters. The number of nitrogens with zero attached hydrogens (tertiary/aromatic N) is 4. The molecule has 0 saturated carbocycles. The van der Waals surface area contributed by atoms with Crippen molar-refractivity contribution in [1.29, 1.82) is 0 Å². The Hall–Kier alpha value is -1.97. The summed E-state index contributed by atoms with van der Waals surface area (Å²) in [5, 5.41) is 3.98. The van der Waals surface area contributed by atoms with Crippen molar-refractivity contribution in [2.75, 3.05) is 33.7 Å². The van der Waals surface area contributed by atoms with Gasteiger partial charge in [0.15, 0.2) is 5.16 Å². The third-order valence-electron chi connectivity index (χ3n) is 4.96. The number of nitrogens with one attached hydrogen (secondary N) is 1. The van der Waals surface area contributed by atoms with Crippen LogP contribution in [-0.2, 0) is 18.4 Å². The number of hydrogen-bond donors (Lipinski definition) is 1. The van der Waals surface area contributed by atoms with Crippen molar-refractivity contribution in [2.24, 2.45) is 7.05 Å². The summed E-state index contributed by atoms with van der Waals surface area (Å²) >= 11 is 1.61. The molecule has 0 spiro atoms. The number of benzene rings is 1. The predicted molar refractivity (Wildman–Crippen MR) is 110 cm³/mol. The highest BCUT2D eigenvalue weighted by molar-refractivity contribution is 7.99. The number of amides is 1. The van der Waals surface area contributed by atoms with Crippen molar-refractivity contribution < 1.29 is 13.6 Å². The van der Waals surface area contributed by atoms with Crippen LogP contribution in [0.15, 0.2) is 35.7 Å². The third-order valence-corrected chi connectivity index (χ3v) is 6.24. The fourth-order valence-electron chi connectivity index (χ4n) is 3.41. The standard InChI is InChI=1S/C20H27F2N5OS/c1-25(2)8-6-23-19(28)18-11-16(29-20-24-7-9-26(20)3)13-27(18)12-14-10-15(21)4-5-17(14)22/h4-5,7,9-10,16,18H,6,8,11-13H2,1-3H3,(H,23,28)/t16-,18+/m1/s1. The number of likely N-dealkylation sites (tertiary alicyclic amines) is 1. The first-order valence-electron chi connectivity index (χ1n) is 9.58. The van der Waals surface area contributed by atoms with Crippen LogP contribution in [0.4, 0.5) is 8.78 Å². The van der Waals surface area contributed by atoms with Crippen LogP contribution < -0.4 is 5.32 Å². The van der Waals surface area contributed by atoms with Gasteiger partial charge in [-0.25, -0.2) is 13.8 Å². The van der Waals surface area contributed by atoms with E-state index in [1.54, 1.807) is 18.0 Å². The van der Waals surface area contributed by atoms with Crippen LogP contribution in [0.2, 0.25) is 0 Å². The lowest BCUT2D eigenvalue weighted by atomic mass is 10.1. The maximum atomic E-state index is 14.2. The summed E-state index contributed by atoms with van der Waals surface area (Å²) in [4.78, 5) is 21.1. The Morgan fingerprint density at radius 1 is 1.38 bits per heavy atom. The Morgan fingerprint density at radius 3 is 2.86 bits per heavy atom. The minimum Gasteiger partial charge on any atom is -0.353 e. The van der Waals surface area contributed by atoms with Crippen LogP contribution in [0.3, 0.4) is 0 Å². The summed E-state index contributed by atoms with van der Waals surface area (Å²) in [5.41, 5.74) is 0.263. The second-order valence-corrected chi connectivity index (χ2v) is 8.84. The molecule has 0 bridgehead atoms. The number of thioether (sulfide) groups is 1. The van der Waals surface area contributed by atoms with Gasteiger partial charge in [-0.05, 0) is 38.7 Å². The minimum absolute atomic E-state index is 0.0772. The molecule has 1 N–H and O–H groups in total. The van der Waals surface area contributed by atoms with Gasteiger partial charge in [0, 0.05) is 56.4 Å². The smallest absolute Gasteiger partial charge is 0.237 e. The fraction of sp³-hybridized carbons (Fsp3) is 0.500. The number of carbonyl (C=O) groups is 1. The zero-order chi connectivity index (χ0) is 21.0. The first kappa shape index (κ1) is 21.7. The van der Waals surface area contributed by atoms with E-state index >= 15 is 0 Å². The van der Waals surface area contributed by atoms with Gasteiger partial charge in [0.05, 0.1) is 6.04 Å². The minimum atomic E-state index is -0.480. The molecule has 6 nitrogen and oxygen atoms in total. The summed E-state index contributed by atoms with van der Waals surface area (Å²) in [7, 11) is 5.82. The summed E-state index contributed by atoms with van der Waals surface area (Å²) in [6.07, 6.45) is 4.24. The summed E-state index contributed by atoms with van der Waals surface area (Å²) in [5.74, 6) is -1.02. The van der Waals surface area contributed by atoms with Gasteiger partial charge in [-0.2, -0.15) is 0 Å². The molecule has 0 aliphatic carbocycles. The van der Waals surface area contributed by atoms with E-state index in [1.807, 2.05) is 41.7 Å². The van der Waals surface area contributed by atoms with E-state index in [4.69, 9.17) is 0 Å². The molecule has 1 aliphatic rings. The first-order valence-corrected chi connectivity index (χ1v) is 10.5. The molecule has 1 fully saturated rings. The van der Waals surface area contributed by atoms with Crippen molar-refractivity contribution >= 4 is 17.7 Å². The number of rotatable bonds is 8. The molecule has 1 amide bonds. The maximum Gasteiger partial charge on any atom is 0.237 e. The normalized spacial score (nSPS) is 19.8. The Morgan fingerprint density at radius 2 is 2.17 bits per heavy atom. The number of hydrogen-bond acceptors (Lipinski definition) is 5. The molecule has 1 aromatic heterocycles. The zero-order valence-corrected chi connectivity index (χ0v) is 17.8. The van der Waals surface area contributed by atoms with Crippen molar-refractivity contribution in [1.82, 2.24) is 24.7 Å². The SMILES string of the molecule is CN(C)CCNC(=O)[C@@H]1C[C@@H](Sc2nccn2C)CN1Cc1cc(F)ccc1F. The number of aryl methyl sites for hydroxylation is 1. The van der Waals surface area contributed by atoms with Crippen LogP contribution in [0.5, 0.6) is 0 Å². The molecular weight excluding hydrogens is 396 g/mol. The number of carbonyl (C=O) groups excluding carboxylic acids is 1. The van der Waals surface area contributed by atoms with Gasteiger partial charge in [-0.15, -0.1) is 0 Å². The Labute approximate surface area is 174 Å². The monoisotopic (exact) mass is 423 g/mol. The average Bonchev–Trinajstić information content (AvgIpc) is 3.24. The van der Waals surface area contributed by atoms with Crippen molar-refractivity contribution in [2.45, 2.75) is 29.4 Å². The molecule has 1 saturated heterocycles. The molecule has 0 unspecified atom stereocenters. The van der Waals surface area contributed by atoms with Crippen molar-refractivity contribution in [3.63, 3.8) is 0 Å². The van der Waals surface area contributed by atoms with E-state index in [9.17, 15) is 13.6 Å². The lowest BCUT2D eigenvalue weighted by molar-refractivity contribution is -0.125. The number of likely N-dealkylation sites (N-methyl/N-ethyl adjacent to an activating group) is 1. The van der Waals surface area contributed by atoms with Crippen molar-refractivity contribution in [3.05, 3.63) is 47.8 Å². The van der Waals surface area contributed by atoms with Gasteiger partial charge in [0.2, 0.25) is 5.91 Å². The molecular formula is C20H27F2N5OS. The van der Waals surface area contributed by atoms with E-state index in [0.717, 1.165) is 23.8 Å². The third kappa shape index (κ3) is 5.77. The van der Waals surface area contributed by atoms with E-state index in [1.165, 1.54) is 6.07 Å². The number of imidazole rings is 1. The lowest BCUT2D eigenvalue weighted by Crippen LogP contribution is -2.44. The quantitative estimate of drug-likeness (QED) is 0.705. The summed E-state index contributed by atoms with van der Waals surface area (Å²) in [6, 6.07) is 3.05. The zero-order valence-electron chi connectivity index (χ0n) is 16.9. The van der Waals surface area contributed by atoms with E-state index in [0.29, 0.717) is 19.5 Å². The molecule has 2 heterocycles. The van der Waals surface area contributed by atoms with Crippen LogP contribution in [0, 0.1) is 11.6 Å². The van der Waals surface area contributed by atoms with Gasteiger partial charge < -0.3 is 14.8 Å². The number of aromatic nitrogens is 2. The molecule has 9 heteroatoms. The van der Waals surface area contributed by atoms with Gasteiger partial charge in [0.1, 0.15) is 11.6 Å². The topological polar surface area (TPSA) is 53.4 Å². The molecule has 0 radical (unpaired) electrons. The predicted octanol–water partition coefficient (Wildman–Crippen LogP) is 2.11. The highest BCUT2D eigenvalue weighted by atomic mass is 32.2. The molecule has 1 aliphatic heterocycles. The second-order valence-electron chi connectivity index (χ2n) is 7.57. The van der Waals surface area contributed by atoms with Crippen molar-refractivity contribution in [3.8, 4) is 0 Å². The Kier molecular flexibility index (Phi) is 7.26. The molecule has 158 valence electrons. The maximum absolute atomic E-state index is 14.2. The lowest BCUT2D eigenvalue weighted by Gasteiger charge is -2.24. The Bertz CT molecular complexity index is 844. The van der Waals surface area contributed by atoms with E-state index < -0.39 is 17.7 Å².